The Morgan fingerprint density at radius 3 is 2.64 bits per heavy atom. The molecular formula is C19H26ClNO4. The minimum Gasteiger partial charge on any atom is -0.482 e. The van der Waals surface area contributed by atoms with Crippen LogP contribution in [0.1, 0.15) is 39.0 Å². The highest BCUT2D eigenvalue weighted by atomic mass is 35.5. The van der Waals surface area contributed by atoms with E-state index in [2.05, 4.69) is 6.92 Å². The molecule has 138 valence electrons. The van der Waals surface area contributed by atoms with Crippen LogP contribution in [0.15, 0.2) is 24.3 Å². The Kier molecular flexibility index (Phi) is 7.56. The largest absolute Gasteiger partial charge is 0.482 e. The van der Waals surface area contributed by atoms with Crippen LogP contribution in [0.2, 0.25) is 5.02 Å². The normalized spacial score (nSPS) is 20.0. The van der Waals surface area contributed by atoms with Crippen molar-refractivity contribution in [2.75, 3.05) is 20.3 Å². The maximum absolute atomic E-state index is 12.8. The van der Waals surface area contributed by atoms with Gasteiger partial charge in [-0.05, 0) is 30.9 Å². The van der Waals surface area contributed by atoms with Crippen molar-refractivity contribution in [3.8, 4) is 5.75 Å². The van der Waals surface area contributed by atoms with Crippen LogP contribution in [0.3, 0.4) is 0 Å². The summed E-state index contributed by atoms with van der Waals surface area (Å²) < 4.78 is 10.3. The van der Waals surface area contributed by atoms with Gasteiger partial charge in [0.15, 0.2) is 6.61 Å². The quantitative estimate of drug-likeness (QED) is 0.690. The number of halogens is 1. The summed E-state index contributed by atoms with van der Waals surface area (Å²) in [7, 11) is 1.36. The van der Waals surface area contributed by atoms with Crippen LogP contribution in [0.4, 0.5) is 0 Å². The number of carbonyl (C=O) groups excluding carboxylic acids is 2. The van der Waals surface area contributed by atoms with Crippen LogP contribution in [-0.2, 0) is 14.3 Å². The van der Waals surface area contributed by atoms with E-state index in [0.29, 0.717) is 23.2 Å². The number of benzene rings is 1. The number of hydrogen-bond acceptors (Lipinski definition) is 4. The second kappa shape index (κ2) is 9.66. The first-order valence-electron chi connectivity index (χ1n) is 8.76. The van der Waals surface area contributed by atoms with Crippen molar-refractivity contribution in [2.45, 2.75) is 45.1 Å². The summed E-state index contributed by atoms with van der Waals surface area (Å²) in [6.07, 6.45) is 4.53. The van der Waals surface area contributed by atoms with E-state index >= 15 is 0 Å². The van der Waals surface area contributed by atoms with Crippen LogP contribution < -0.4 is 4.74 Å². The van der Waals surface area contributed by atoms with Gasteiger partial charge in [-0.1, -0.05) is 43.5 Å². The lowest BCUT2D eigenvalue weighted by Gasteiger charge is -2.38. The van der Waals surface area contributed by atoms with Crippen molar-refractivity contribution in [1.29, 1.82) is 0 Å². The number of nitrogens with zero attached hydrogens (tertiary/aromatic N) is 1. The number of para-hydroxylation sites is 1. The molecule has 0 heterocycles. The molecule has 5 nitrogen and oxygen atoms in total. The third kappa shape index (κ3) is 5.63. The molecule has 0 aromatic heterocycles. The lowest BCUT2D eigenvalue weighted by Crippen LogP contribution is -2.48. The van der Waals surface area contributed by atoms with Gasteiger partial charge in [-0.3, -0.25) is 9.59 Å². The van der Waals surface area contributed by atoms with E-state index in [0.717, 1.165) is 19.3 Å². The molecule has 6 heteroatoms. The minimum atomic E-state index is -0.312. The summed E-state index contributed by atoms with van der Waals surface area (Å²) in [4.78, 5) is 26.1. The Balaban J connectivity index is 2.03. The molecule has 1 saturated carbocycles. The van der Waals surface area contributed by atoms with Gasteiger partial charge in [-0.15, -0.1) is 0 Å². The maximum atomic E-state index is 12.8. The zero-order valence-electron chi connectivity index (χ0n) is 14.9. The molecule has 1 fully saturated rings. The highest BCUT2D eigenvalue weighted by Gasteiger charge is 2.31. The molecule has 0 aliphatic heterocycles. The number of carbonyl (C=O) groups is 2. The smallest absolute Gasteiger partial charge is 0.307 e. The van der Waals surface area contributed by atoms with Crippen molar-refractivity contribution in [3.05, 3.63) is 29.3 Å². The number of methoxy groups -OCH3 is 1. The molecule has 1 aliphatic rings. The molecule has 1 aromatic carbocycles. The van der Waals surface area contributed by atoms with Crippen molar-refractivity contribution >= 4 is 23.5 Å². The number of rotatable bonds is 7. The van der Waals surface area contributed by atoms with E-state index in [9.17, 15) is 9.59 Å². The van der Waals surface area contributed by atoms with E-state index in [1.807, 2.05) is 12.1 Å². The topological polar surface area (TPSA) is 55.8 Å². The van der Waals surface area contributed by atoms with Crippen molar-refractivity contribution in [1.82, 2.24) is 4.90 Å². The van der Waals surface area contributed by atoms with Crippen molar-refractivity contribution in [2.24, 2.45) is 5.92 Å². The zero-order chi connectivity index (χ0) is 18.2. The molecule has 0 N–H and O–H groups in total. The molecule has 0 spiro atoms. The van der Waals surface area contributed by atoms with Gasteiger partial charge >= 0.3 is 5.97 Å². The van der Waals surface area contributed by atoms with Crippen LogP contribution in [0.5, 0.6) is 5.75 Å². The van der Waals surface area contributed by atoms with E-state index < -0.39 is 0 Å². The predicted molar refractivity (Wildman–Crippen MR) is 96.7 cm³/mol. The average Bonchev–Trinajstić information content (AvgIpc) is 2.62. The summed E-state index contributed by atoms with van der Waals surface area (Å²) >= 11 is 6.07. The third-order valence-electron chi connectivity index (χ3n) is 4.76. The highest BCUT2D eigenvalue weighted by molar-refractivity contribution is 6.32. The predicted octanol–water partition coefficient (Wildman–Crippen LogP) is 3.69. The summed E-state index contributed by atoms with van der Waals surface area (Å²) in [5.41, 5.74) is 0. The van der Waals surface area contributed by atoms with Gasteiger partial charge in [0.05, 0.1) is 18.6 Å². The lowest BCUT2D eigenvalue weighted by molar-refractivity contribution is -0.143. The fraction of sp³-hybridized carbons (Fsp3) is 0.579. The average molecular weight is 368 g/mol. The van der Waals surface area contributed by atoms with Crippen molar-refractivity contribution in [3.63, 3.8) is 0 Å². The molecule has 0 saturated heterocycles. The Morgan fingerprint density at radius 2 is 1.96 bits per heavy atom. The standard InChI is InChI=1S/C19H26ClNO4/c1-14-7-3-5-9-16(14)21(12-11-19(23)24-2)18(22)13-25-17-10-6-4-8-15(17)20/h4,6,8,10,14,16H,3,5,7,9,11-13H2,1-2H3. The first-order chi connectivity index (χ1) is 12.0. The van der Waals surface area contributed by atoms with Gasteiger partial charge in [0, 0.05) is 12.6 Å². The third-order valence-corrected chi connectivity index (χ3v) is 5.07. The van der Waals surface area contributed by atoms with Crippen LogP contribution in [0.25, 0.3) is 0 Å². The van der Waals surface area contributed by atoms with Gasteiger partial charge in [0.1, 0.15) is 5.75 Å². The molecule has 1 amide bonds. The number of ether oxygens (including phenoxy) is 2. The Morgan fingerprint density at radius 1 is 1.24 bits per heavy atom. The van der Waals surface area contributed by atoms with E-state index in [1.54, 1.807) is 17.0 Å². The fourth-order valence-corrected chi connectivity index (χ4v) is 3.52. The zero-order valence-corrected chi connectivity index (χ0v) is 15.6. The monoisotopic (exact) mass is 367 g/mol. The van der Waals surface area contributed by atoms with Gasteiger partial charge in [0.2, 0.25) is 0 Å². The molecule has 2 rings (SSSR count). The number of amides is 1. The minimum absolute atomic E-state index is 0.0892. The van der Waals surface area contributed by atoms with E-state index in [-0.39, 0.29) is 30.9 Å². The first kappa shape index (κ1) is 19.6. The summed E-state index contributed by atoms with van der Waals surface area (Å²) in [5, 5.41) is 0.474. The Hall–Kier alpha value is -1.75. The van der Waals surface area contributed by atoms with E-state index in [1.165, 1.54) is 13.5 Å². The fourth-order valence-electron chi connectivity index (χ4n) is 3.33. The molecule has 0 radical (unpaired) electrons. The number of hydrogen-bond donors (Lipinski definition) is 0. The second-order valence-corrected chi connectivity index (χ2v) is 6.87. The Bertz CT molecular complexity index is 593. The molecule has 2 atom stereocenters. The van der Waals surface area contributed by atoms with Gasteiger partial charge in [-0.2, -0.15) is 0 Å². The highest BCUT2D eigenvalue weighted by Crippen LogP contribution is 2.29. The van der Waals surface area contributed by atoms with E-state index in [4.69, 9.17) is 21.1 Å². The van der Waals surface area contributed by atoms with Gasteiger partial charge < -0.3 is 14.4 Å². The SMILES string of the molecule is COC(=O)CCN(C(=O)COc1ccccc1Cl)C1CCCCC1C. The van der Waals surface area contributed by atoms with Crippen LogP contribution in [0, 0.1) is 5.92 Å². The summed E-state index contributed by atoms with van der Waals surface area (Å²) in [6, 6.07) is 7.21. The van der Waals surface area contributed by atoms with Crippen LogP contribution in [-0.4, -0.2) is 43.1 Å². The first-order valence-corrected chi connectivity index (χ1v) is 9.14. The second-order valence-electron chi connectivity index (χ2n) is 6.46. The lowest BCUT2D eigenvalue weighted by atomic mass is 9.84. The molecule has 1 aromatic rings. The van der Waals surface area contributed by atoms with Crippen molar-refractivity contribution < 1.29 is 19.1 Å². The summed E-state index contributed by atoms with van der Waals surface area (Å²) in [6.45, 7) is 2.43. The van der Waals surface area contributed by atoms with Crippen LogP contribution >= 0.6 is 11.6 Å². The number of esters is 1. The molecule has 1 aliphatic carbocycles. The van der Waals surface area contributed by atoms with Gasteiger partial charge in [0.25, 0.3) is 5.91 Å². The Labute approximate surface area is 154 Å². The maximum Gasteiger partial charge on any atom is 0.307 e. The molecule has 25 heavy (non-hydrogen) atoms. The molecular weight excluding hydrogens is 342 g/mol. The van der Waals surface area contributed by atoms with Gasteiger partial charge in [-0.25, -0.2) is 0 Å². The molecule has 0 bridgehead atoms. The summed E-state index contributed by atoms with van der Waals surface area (Å²) in [5.74, 6) is 0.466. The molecule has 2 unspecified atom stereocenters.